The van der Waals surface area contributed by atoms with Gasteiger partial charge in [-0.1, -0.05) is 13.8 Å². The molecular weight excluding hydrogens is 162 g/mol. The van der Waals surface area contributed by atoms with Crippen molar-refractivity contribution in [1.82, 2.24) is 4.90 Å². The zero-order valence-corrected chi connectivity index (χ0v) is 8.95. The van der Waals surface area contributed by atoms with Gasteiger partial charge in [-0.2, -0.15) is 0 Å². The van der Waals surface area contributed by atoms with Crippen molar-refractivity contribution >= 4 is 0 Å². The average Bonchev–Trinajstić information content (AvgIpc) is 2.33. The first-order valence-corrected chi connectivity index (χ1v) is 5.45. The summed E-state index contributed by atoms with van der Waals surface area (Å²) in [5, 5.41) is 10.5. The van der Waals surface area contributed by atoms with Crippen LogP contribution in [0.25, 0.3) is 0 Å². The Morgan fingerprint density at radius 1 is 1.31 bits per heavy atom. The van der Waals surface area contributed by atoms with Crippen LogP contribution in [0.1, 0.15) is 26.7 Å². The van der Waals surface area contributed by atoms with Gasteiger partial charge in [0.05, 0.1) is 5.60 Å². The predicted octanol–water partition coefficient (Wildman–Crippen LogP) is 1.35. The van der Waals surface area contributed by atoms with Gasteiger partial charge in [-0.3, -0.25) is 0 Å². The van der Waals surface area contributed by atoms with Gasteiger partial charge in [0.15, 0.2) is 0 Å². The van der Waals surface area contributed by atoms with Gasteiger partial charge in [0.25, 0.3) is 0 Å². The third-order valence-corrected chi connectivity index (χ3v) is 4.28. The van der Waals surface area contributed by atoms with E-state index in [1.165, 1.54) is 6.42 Å². The minimum atomic E-state index is -0.341. The zero-order chi connectivity index (χ0) is 9.64. The van der Waals surface area contributed by atoms with Crippen LogP contribution in [-0.4, -0.2) is 35.7 Å². The number of hydrogen-bond acceptors (Lipinski definition) is 2. The topological polar surface area (TPSA) is 23.5 Å². The molecule has 0 amide bonds. The highest BCUT2D eigenvalue weighted by molar-refractivity contribution is 5.03. The lowest BCUT2D eigenvalue weighted by Gasteiger charge is -2.45. The van der Waals surface area contributed by atoms with Crippen molar-refractivity contribution in [1.29, 1.82) is 0 Å². The Balaban J connectivity index is 2.21. The maximum atomic E-state index is 10.5. The van der Waals surface area contributed by atoms with E-state index >= 15 is 0 Å². The predicted molar refractivity (Wildman–Crippen MR) is 53.5 cm³/mol. The van der Waals surface area contributed by atoms with Gasteiger partial charge >= 0.3 is 0 Å². The van der Waals surface area contributed by atoms with Crippen molar-refractivity contribution in [2.45, 2.75) is 32.3 Å². The summed E-state index contributed by atoms with van der Waals surface area (Å²) in [5.74, 6) is 1.66. The van der Waals surface area contributed by atoms with E-state index in [0.29, 0.717) is 17.8 Å². The number of nitrogens with zero attached hydrogens (tertiary/aromatic N) is 1. The maximum Gasteiger partial charge on any atom is 0.0728 e. The first-order chi connectivity index (χ1) is 6.04. The van der Waals surface area contributed by atoms with Crippen molar-refractivity contribution in [3.8, 4) is 0 Å². The number of aliphatic hydroxyl groups is 1. The molecule has 1 saturated carbocycles. The molecule has 0 unspecified atom stereocenters. The lowest BCUT2D eigenvalue weighted by molar-refractivity contribution is -0.0961. The van der Waals surface area contributed by atoms with Crippen molar-refractivity contribution in [2.75, 3.05) is 20.1 Å². The second-order valence-corrected chi connectivity index (χ2v) is 5.24. The molecule has 1 saturated heterocycles. The molecule has 2 rings (SSSR count). The molecule has 13 heavy (non-hydrogen) atoms. The molecular formula is C11H21NO. The van der Waals surface area contributed by atoms with Gasteiger partial charge in [-0.05, 0) is 31.7 Å². The second kappa shape index (κ2) is 2.96. The summed E-state index contributed by atoms with van der Waals surface area (Å²) in [6.07, 6.45) is 2.23. The molecule has 0 spiro atoms. The van der Waals surface area contributed by atoms with Gasteiger partial charge < -0.3 is 10.0 Å². The van der Waals surface area contributed by atoms with Crippen LogP contribution >= 0.6 is 0 Å². The molecule has 0 aromatic carbocycles. The van der Waals surface area contributed by atoms with E-state index in [1.54, 1.807) is 0 Å². The SMILES string of the molecule is C[C@@H]1CC[C@]2(O)[C@H](C)CN(C)C[C@@H]12. The second-order valence-electron chi connectivity index (χ2n) is 5.24. The third kappa shape index (κ3) is 1.31. The molecule has 1 aliphatic carbocycles. The van der Waals surface area contributed by atoms with Crippen LogP contribution in [0.3, 0.4) is 0 Å². The first kappa shape index (κ1) is 9.47. The van der Waals surface area contributed by atoms with Crippen molar-refractivity contribution in [2.24, 2.45) is 17.8 Å². The molecule has 0 bridgehead atoms. The zero-order valence-electron chi connectivity index (χ0n) is 8.95. The van der Waals surface area contributed by atoms with E-state index in [4.69, 9.17) is 0 Å². The van der Waals surface area contributed by atoms with Gasteiger partial charge in [-0.15, -0.1) is 0 Å². The minimum Gasteiger partial charge on any atom is -0.389 e. The average molecular weight is 183 g/mol. The fraction of sp³-hybridized carbons (Fsp3) is 1.00. The maximum absolute atomic E-state index is 10.5. The highest BCUT2D eigenvalue weighted by Gasteiger charge is 2.51. The van der Waals surface area contributed by atoms with E-state index in [-0.39, 0.29) is 5.60 Å². The largest absolute Gasteiger partial charge is 0.389 e. The van der Waals surface area contributed by atoms with E-state index in [9.17, 15) is 5.11 Å². The van der Waals surface area contributed by atoms with Crippen LogP contribution in [0, 0.1) is 17.8 Å². The molecule has 0 aromatic rings. The molecule has 76 valence electrons. The van der Waals surface area contributed by atoms with Crippen LogP contribution in [0.15, 0.2) is 0 Å². The van der Waals surface area contributed by atoms with E-state index in [2.05, 4.69) is 25.8 Å². The Labute approximate surface area is 80.9 Å². The Morgan fingerprint density at radius 3 is 2.69 bits per heavy atom. The lowest BCUT2D eigenvalue weighted by Crippen LogP contribution is -2.54. The number of likely N-dealkylation sites (tertiary alicyclic amines) is 1. The molecule has 0 radical (unpaired) electrons. The van der Waals surface area contributed by atoms with E-state index < -0.39 is 0 Å². The Kier molecular flexibility index (Phi) is 2.16. The summed E-state index contributed by atoms with van der Waals surface area (Å²) >= 11 is 0. The monoisotopic (exact) mass is 183 g/mol. The summed E-state index contributed by atoms with van der Waals surface area (Å²) in [7, 11) is 2.17. The Bertz CT molecular complexity index is 206. The molecule has 2 nitrogen and oxygen atoms in total. The quantitative estimate of drug-likeness (QED) is 0.612. The lowest BCUT2D eigenvalue weighted by atomic mass is 9.74. The van der Waals surface area contributed by atoms with Crippen LogP contribution in [0.4, 0.5) is 0 Å². The summed E-state index contributed by atoms with van der Waals surface area (Å²) in [6, 6.07) is 0. The van der Waals surface area contributed by atoms with Crippen molar-refractivity contribution in [3.05, 3.63) is 0 Å². The fourth-order valence-electron chi connectivity index (χ4n) is 3.32. The number of piperidine rings is 1. The van der Waals surface area contributed by atoms with Crippen LogP contribution < -0.4 is 0 Å². The minimum absolute atomic E-state index is 0.341. The van der Waals surface area contributed by atoms with Gasteiger partial charge in [-0.25, -0.2) is 0 Å². The summed E-state index contributed by atoms with van der Waals surface area (Å²) < 4.78 is 0. The molecule has 0 aromatic heterocycles. The highest BCUT2D eigenvalue weighted by Crippen LogP contribution is 2.47. The molecule has 1 aliphatic heterocycles. The molecule has 1 N–H and O–H groups in total. The number of hydrogen-bond donors (Lipinski definition) is 1. The standard InChI is InChI=1S/C11H21NO/c1-8-4-5-11(13)9(2)6-12(3)7-10(8)11/h8-10,13H,4-7H2,1-3H3/t8-,9-,10+,11+/m1/s1. The highest BCUT2D eigenvalue weighted by atomic mass is 16.3. The van der Waals surface area contributed by atoms with Crippen molar-refractivity contribution in [3.63, 3.8) is 0 Å². The van der Waals surface area contributed by atoms with Crippen LogP contribution in [-0.2, 0) is 0 Å². The molecule has 2 aliphatic rings. The summed E-state index contributed by atoms with van der Waals surface area (Å²) in [5.41, 5.74) is -0.341. The summed E-state index contributed by atoms with van der Waals surface area (Å²) in [4.78, 5) is 2.37. The van der Waals surface area contributed by atoms with Gasteiger partial charge in [0, 0.05) is 19.0 Å². The van der Waals surface area contributed by atoms with Crippen molar-refractivity contribution < 1.29 is 5.11 Å². The molecule has 2 fully saturated rings. The van der Waals surface area contributed by atoms with Gasteiger partial charge in [0.2, 0.25) is 0 Å². The number of fused-ring (bicyclic) bond motifs is 1. The Morgan fingerprint density at radius 2 is 2.00 bits per heavy atom. The molecule has 4 atom stereocenters. The number of rotatable bonds is 0. The smallest absolute Gasteiger partial charge is 0.0728 e. The summed E-state index contributed by atoms with van der Waals surface area (Å²) in [6.45, 7) is 6.62. The van der Waals surface area contributed by atoms with Crippen LogP contribution in [0.5, 0.6) is 0 Å². The fourth-order valence-corrected chi connectivity index (χ4v) is 3.32. The van der Waals surface area contributed by atoms with E-state index in [1.807, 2.05) is 0 Å². The molecule has 2 heteroatoms. The first-order valence-electron chi connectivity index (χ1n) is 5.45. The van der Waals surface area contributed by atoms with Crippen LogP contribution in [0.2, 0.25) is 0 Å². The Hall–Kier alpha value is -0.0800. The van der Waals surface area contributed by atoms with Gasteiger partial charge in [0.1, 0.15) is 0 Å². The molecule has 1 heterocycles. The van der Waals surface area contributed by atoms with E-state index in [0.717, 1.165) is 19.5 Å². The normalized spacial score (nSPS) is 52.2. The third-order valence-electron chi connectivity index (χ3n) is 4.28.